The summed E-state index contributed by atoms with van der Waals surface area (Å²) in [6.07, 6.45) is 3.32. The molecule has 0 saturated heterocycles. The second-order valence-corrected chi connectivity index (χ2v) is 4.95. The van der Waals surface area contributed by atoms with Gasteiger partial charge < -0.3 is 10.5 Å². The highest BCUT2D eigenvalue weighted by molar-refractivity contribution is 5.70. The van der Waals surface area contributed by atoms with Crippen LogP contribution < -0.4 is 5.73 Å². The second-order valence-electron chi connectivity index (χ2n) is 4.95. The van der Waals surface area contributed by atoms with Crippen LogP contribution in [0, 0.1) is 0 Å². The molecular formula is C10H19NO2. The minimum Gasteiger partial charge on any atom is -0.460 e. The Morgan fingerprint density at radius 3 is 2.38 bits per heavy atom. The Labute approximate surface area is 79.6 Å². The summed E-state index contributed by atoms with van der Waals surface area (Å²) in [6.45, 7) is 5.63. The Kier molecular flexibility index (Phi) is 2.66. The van der Waals surface area contributed by atoms with Crippen molar-refractivity contribution in [1.82, 2.24) is 0 Å². The Balaban J connectivity index is 2.18. The number of esters is 1. The van der Waals surface area contributed by atoms with E-state index in [9.17, 15) is 4.79 Å². The smallest absolute Gasteiger partial charge is 0.306 e. The average molecular weight is 185 g/mol. The minimum absolute atomic E-state index is 0.0447. The zero-order valence-electron chi connectivity index (χ0n) is 8.72. The van der Waals surface area contributed by atoms with Crippen molar-refractivity contribution in [2.75, 3.05) is 0 Å². The number of carbonyl (C=O) groups excluding carboxylic acids is 1. The van der Waals surface area contributed by atoms with Gasteiger partial charge in [-0.05, 0) is 40.0 Å². The molecule has 13 heavy (non-hydrogen) atoms. The summed E-state index contributed by atoms with van der Waals surface area (Å²) in [4.78, 5) is 11.3. The van der Waals surface area contributed by atoms with E-state index in [2.05, 4.69) is 0 Å². The molecule has 1 rings (SSSR count). The molecule has 0 aliphatic heterocycles. The summed E-state index contributed by atoms with van der Waals surface area (Å²) in [6, 6.07) is 0. The SMILES string of the molecule is CC(C)(C)OC(=O)CCC1(N)CC1. The van der Waals surface area contributed by atoms with E-state index < -0.39 is 0 Å². The number of ether oxygens (including phenoxy) is 1. The van der Waals surface area contributed by atoms with Crippen LogP contribution in [-0.4, -0.2) is 17.1 Å². The highest BCUT2D eigenvalue weighted by atomic mass is 16.6. The third kappa shape index (κ3) is 4.27. The third-order valence-corrected chi connectivity index (χ3v) is 2.14. The number of hydrogen-bond acceptors (Lipinski definition) is 3. The first-order valence-electron chi connectivity index (χ1n) is 4.82. The molecule has 1 fully saturated rings. The van der Waals surface area contributed by atoms with Crippen molar-refractivity contribution in [1.29, 1.82) is 0 Å². The summed E-state index contributed by atoms with van der Waals surface area (Å²) in [7, 11) is 0. The predicted octanol–water partition coefficient (Wildman–Crippen LogP) is 1.60. The van der Waals surface area contributed by atoms with Crippen LogP contribution in [0.3, 0.4) is 0 Å². The molecule has 0 aromatic rings. The summed E-state index contributed by atoms with van der Waals surface area (Å²) in [5.41, 5.74) is 5.43. The van der Waals surface area contributed by atoms with E-state index in [1.807, 2.05) is 20.8 Å². The largest absolute Gasteiger partial charge is 0.460 e. The lowest BCUT2D eigenvalue weighted by Crippen LogP contribution is -2.27. The molecule has 1 aliphatic rings. The quantitative estimate of drug-likeness (QED) is 0.679. The lowest BCUT2D eigenvalue weighted by Gasteiger charge is -2.20. The standard InChI is InChI=1S/C10H19NO2/c1-9(2,3)13-8(12)4-5-10(11)6-7-10/h4-7,11H2,1-3H3. The van der Waals surface area contributed by atoms with Crippen LogP contribution in [0.4, 0.5) is 0 Å². The van der Waals surface area contributed by atoms with E-state index in [1.54, 1.807) is 0 Å². The predicted molar refractivity (Wildman–Crippen MR) is 51.2 cm³/mol. The van der Waals surface area contributed by atoms with Crippen LogP contribution in [0.2, 0.25) is 0 Å². The molecule has 76 valence electrons. The topological polar surface area (TPSA) is 52.3 Å². The van der Waals surface area contributed by atoms with Crippen LogP contribution in [0.25, 0.3) is 0 Å². The zero-order chi connectivity index (χ0) is 10.1. The van der Waals surface area contributed by atoms with Gasteiger partial charge in [0.05, 0.1) is 0 Å². The molecule has 0 amide bonds. The van der Waals surface area contributed by atoms with E-state index in [4.69, 9.17) is 10.5 Å². The normalized spacial score (nSPS) is 19.7. The molecule has 2 N–H and O–H groups in total. The number of nitrogens with two attached hydrogens (primary N) is 1. The lowest BCUT2D eigenvalue weighted by molar-refractivity contribution is -0.155. The van der Waals surface area contributed by atoms with Crippen molar-refractivity contribution in [3.05, 3.63) is 0 Å². The van der Waals surface area contributed by atoms with Crippen LogP contribution in [-0.2, 0) is 9.53 Å². The molecular weight excluding hydrogens is 166 g/mol. The van der Waals surface area contributed by atoms with E-state index in [0.717, 1.165) is 19.3 Å². The van der Waals surface area contributed by atoms with Gasteiger partial charge in [-0.1, -0.05) is 0 Å². The fourth-order valence-corrected chi connectivity index (χ4v) is 1.15. The van der Waals surface area contributed by atoms with E-state index in [1.165, 1.54) is 0 Å². The van der Waals surface area contributed by atoms with E-state index in [0.29, 0.717) is 6.42 Å². The molecule has 0 heterocycles. The molecule has 0 unspecified atom stereocenters. The van der Waals surface area contributed by atoms with E-state index in [-0.39, 0.29) is 17.1 Å². The molecule has 0 aromatic heterocycles. The van der Waals surface area contributed by atoms with Gasteiger partial charge in [0.1, 0.15) is 5.60 Å². The molecule has 0 aromatic carbocycles. The summed E-state index contributed by atoms with van der Waals surface area (Å²) < 4.78 is 5.17. The van der Waals surface area contributed by atoms with Gasteiger partial charge in [0.15, 0.2) is 0 Å². The molecule has 1 saturated carbocycles. The maximum Gasteiger partial charge on any atom is 0.306 e. The van der Waals surface area contributed by atoms with Crippen LogP contribution in [0.5, 0.6) is 0 Å². The highest BCUT2D eigenvalue weighted by Crippen LogP contribution is 2.36. The van der Waals surface area contributed by atoms with Crippen molar-refractivity contribution in [3.63, 3.8) is 0 Å². The molecule has 0 radical (unpaired) electrons. The molecule has 1 aliphatic carbocycles. The fraction of sp³-hybridized carbons (Fsp3) is 0.900. The molecule has 3 nitrogen and oxygen atoms in total. The molecule has 0 atom stereocenters. The monoisotopic (exact) mass is 185 g/mol. The maximum absolute atomic E-state index is 11.3. The van der Waals surface area contributed by atoms with Gasteiger partial charge in [-0.15, -0.1) is 0 Å². The van der Waals surface area contributed by atoms with Crippen molar-refractivity contribution in [2.45, 2.75) is 57.6 Å². The van der Waals surface area contributed by atoms with Gasteiger partial charge in [-0.3, -0.25) is 4.79 Å². The second kappa shape index (κ2) is 3.29. The fourth-order valence-electron chi connectivity index (χ4n) is 1.15. The Morgan fingerprint density at radius 2 is 2.00 bits per heavy atom. The van der Waals surface area contributed by atoms with Gasteiger partial charge in [0.2, 0.25) is 0 Å². The van der Waals surface area contributed by atoms with Crippen molar-refractivity contribution in [2.24, 2.45) is 5.73 Å². The minimum atomic E-state index is -0.373. The maximum atomic E-state index is 11.3. The van der Waals surface area contributed by atoms with Gasteiger partial charge >= 0.3 is 5.97 Å². The van der Waals surface area contributed by atoms with Gasteiger partial charge in [-0.25, -0.2) is 0 Å². The number of hydrogen-bond donors (Lipinski definition) is 1. The first-order chi connectivity index (χ1) is 5.81. The summed E-state index contributed by atoms with van der Waals surface area (Å²) in [5, 5.41) is 0. The molecule has 0 bridgehead atoms. The van der Waals surface area contributed by atoms with Gasteiger partial charge in [0.25, 0.3) is 0 Å². The Morgan fingerprint density at radius 1 is 1.46 bits per heavy atom. The first-order valence-corrected chi connectivity index (χ1v) is 4.82. The third-order valence-electron chi connectivity index (χ3n) is 2.14. The number of carbonyl (C=O) groups is 1. The summed E-state index contributed by atoms with van der Waals surface area (Å²) >= 11 is 0. The van der Waals surface area contributed by atoms with Gasteiger partial charge in [-0.2, -0.15) is 0 Å². The lowest BCUT2D eigenvalue weighted by atomic mass is 10.1. The Bertz CT molecular complexity index is 201. The van der Waals surface area contributed by atoms with Crippen molar-refractivity contribution < 1.29 is 9.53 Å². The number of rotatable bonds is 3. The van der Waals surface area contributed by atoms with Crippen LogP contribution in [0.15, 0.2) is 0 Å². The molecule has 0 spiro atoms. The van der Waals surface area contributed by atoms with Gasteiger partial charge in [0, 0.05) is 12.0 Å². The average Bonchev–Trinajstić information content (AvgIpc) is 2.62. The van der Waals surface area contributed by atoms with E-state index >= 15 is 0 Å². The van der Waals surface area contributed by atoms with Crippen LogP contribution >= 0.6 is 0 Å². The highest BCUT2D eigenvalue weighted by Gasteiger charge is 2.38. The zero-order valence-corrected chi connectivity index (χ0v) is 8.72. The summed E-state index contributed by atoms with van der Waals surface area (Å²) in [5.74, 6) is -0.135. The molecule has 3 heteroatoms. The van der Waals surface area contributed by atoms with Crippen molar-refractivity contribution in [3.8, 4) is 0 Å². The Hall–Kier alpha value is -0.570. The first kappa shape index (κ1) is 10.5. The van der Waals surface area contributed by atoms with Crippen LogP contribution in [0.1, 0.15) is 46.5 Å². The van der Waals surface area contributed by atoms with Crippen molar-refractivity contribution >= 4 is 5.97 Å².